The summed E-state index contributed by atoms with van der Waals surface area (Å²) in [6.45, 7) is 4.08. The minimum absolute atomic E-state index is 0.901. The van der Waals surface area contributed by atoms with E-state index in [4.69, 9.17) is 0 Å². The molecule has 0 aliphatic heterocycles. The second-order valence-electron chi connectivity index (χ2n) is 5.67. The van der Waals surface area contributed by atoms with Crippen LogP contribution in [0.1, 0.15) is 12.5 Å². The molecular formula is C20H19N2+. The van der Waals surface area contributed by atoms with Gasteiger partial charge in [-0.2, -0.15) is 0 Å². The molecule has 1 heterocycles. The van der Waals surface area contributed by atoms with Crippen LogP contribution in [0, 0.1) is 0 Å². The zero-order valence-corrected chi connectivity index (χ0v) is 12.7. The number of aromatic nitrogens is 2. The molecule has 0 bridgehead atoms. The van der Waals surface area contributed by atoms with Crippen molar-refractivity contribution in [2.75, 3.05) is 0 Å². The molecule has 108 valence electrons. The Balaban J connectivity index is 1.98. The summed E-state index contributed by atoms with van der Waals surface area (Å²) in [6, 6.07) is 23.7. The van der Waals surface area contributed by atoms with E-state index in [9.17, 15) is 0 Å². The number of rotatable bonds is 3. The molecule has 0 saturated heterocycles. The highest BCUT2D eigenvalue weighted by Gasteiger charge is 2.17. The first-order valence-corrected chi connectivity index (χ1v) is 7.81. The van der Waals surface area contributed by atoms with E-state index in [-0.39, 0.29) is 0 Å². The lowest BCUT2D eigenvalue weighted by Crippen LogP contribution is -2.33. The van der Waals surface area contributed by atoms with Crippen molar-refractivity contribution < 1.29 is 4.57 Å². The summed E-state index contributed by atoms with van der Waals surface area (Å²) in [4.78, 5) is 0. The molecule has 2 heteroatoms. The third kappa shape index (κ3) is 2.08. The Morgan fingerprint density at radius 1 is 0.864 bits per heavy atom. The number of nitrogens with zero attached hydrogens (tertiary/aromatic N) is 2. The molecule has 3 aromatic carbocycles. The fraction of sp³-hybridized carbons (Fsp3) is 0.150. The second kappa shape index (κ2) is 5.30. The van der Waals surface area contributed by atoms with Gasteiger partial charge in [0.2, 0.25) is 6.33 Å². The second-order valence-corrected chi connectivity index (χ2v) is 5.67. The first-order valence-electron chi connectivity index (χ1n) is 7.81. The lowest BCUT2D eigenvalue weighted by atomic mass is 10.1. The molecular weight excluding hydrogens is 268 g/mol. The highest BCUT2D eigenvalue weighted by atomic mass is 15.1. The number of fused-ring (bicyclic) bond motifs is 3. The van der Waals surface area contributed by atoms with E-state index in [1.165, 1.54) is 27.4 Å². The van der Waals surface area contributed by atoms with Crippen LogP contribution in [-0.2, 0) is 13.1 Å². The fourth-order valence-corrected chi connectivity index (χ4v) is 3.22. The molecule has 0 spiro atoms. The van der Waals surface area contributed by atoms with Crippen molar-refractivity contribution >= 4 is 21.8 Å². The smallest absolute Gasteiger partial charge is 0.230 e. The monoisotopic (exact) mass is 287 g/mol. The summed E-state index contributed by atoms with van der Waals surface area (Å²) in [7, 11) is 0. The van der Waals surface area contributed by atoms with Crippen LogP contribution >= 0.6 is 0 Å². The van der Waals surface area contributed by atoms with Gasteiger partial charge in [0.05, 0.1) is 6.54 Å². The van der Waals surface area contributed by atoms with Gasteiger partial charge in [-0.15, -0.1) is 0 Å². The summed E-state index contributed by atoms with van der Waals surface area (Å²) in [6.07, 6.45) is 2.24. The number of benzene rings is 3. The maximum atomic E-state index is 2.37. The highest BCUT2D eigenvalue weighted by Crippen LogP contribution is 2.23. The van der Waals surface area contributed by atoms with Crippen LogP contribution in [0.15, 0.2) is 73.1 Å². The van der Waals surface area contributed by atoms with Crippen LogP contribution in [0.5, 0.6) is 0 Å². The molecule has 0 saturated carbocycles. The van der Waals surface area contributed by atoms with Crippen LogP contribution in [0.3, 0.4) is 0 Å². The summed E-state index contributed by atoms with van der Waals surface area (Å²) >= 11 is 0. The number of hydrogen-bond donors (Lipinski definition) is 0. The van der Waals surface area contributed by atoms with E-state index in [1.807, 2.05) is 0 Å². The molecule has 22 heavy (non-hydrogen) atoms. The van der Waals surface area contributed by atoms with Gasteiger partial charge in [-0.05, 0) is 36.1 Å². The molecule has 0 radical (unpaired) electrons. The van der Waals surface area contributed by atoms with Gasteiger partial charge in [0, 0.05) is 5.39 Å². The van der Waals surface area contributed by atoms with Gasteiger partial charge in [0.15, 0.2) is 11.0 Å². The Morgan fingerprint density at radius 3 is 2.45 bits per heavy atom. The van der Waals surface area contributed by atoms with Gasteiger partial charge in [0.1, 0.15) is 6.54 Å². The molecule has 4 aromatic rings. The lowest BCUT2D eigenvalue weighted by Gasteiger charge is -2.01. The summed E-state index contributed by atoms with van der Waals surface area (Å²) in [5.41, 5.74) is 3.96. The lowest BCUT2D eigenvalue weighted by molar-refractivity contribution is -0.662. The Bertz CT molecular complexity index is 936. The molecule has 1 aromatic heterocycles. The van der Waals surface area contributed by atoms with E-state index in [1.54, 1.807) is 0 Å². The summed E-state index contributed by atoms with van der Waals surface area (Å²) < 4.78 is 4.70. The van der Waals surface area contributed by atoms with Gasteiger partial charge in [-0.1, -0.05) is 48.5 Å². The maximum absolute atomic E-state index is 2.37. The minimum Gasteiger partial charge on any atom is -0.230 e. The molecule has 0 N–H and O–H groups in total. The third-order valence-electron chi connectivity index (χ3n) is 4.29. The Hall–Kier alpha value is -2.61. The summed E-state index contributed by atoms with van der Waals surface area (Å²) in [5, 5.41) is 2.62. The zero-order valence-electron chi connectivity index (χ0n) is 12.7. The number of aryl methyl sites for hydroxylation is 1. The van der Waals surface area contributed by atoms with E-state index in [0.29, 0.717) is 0 Å². The zero-order chi connectivity index (χ0) is 14.9. The van der Waals surface area contributed by atoms with Crippen molar-refractivity contribution in [3.05, 3.63) is 78.6 Å². The van der Waals surface area contributed by atoms with Gasteiger partial charge >= 0.3 is 0 Å². The van der Waals surface area contributed by atoms with Crippen molar-refractivity contribution in [1.29, 1.82) is 0 Å². The fourth-order valence-electron chi connectivity index (χ4n) is 3.22. The van der Waals surface area contributed by atoms with Crippen molar-refractivity contribution in [2.45, 2.75) is 20.0 Å². The first-order chi connectivity index (χ1) is 10.9. The van der Waals surface area contributed by atoms with Gasteiger partial charge in [-0.3, -0.25) is 0 Å². The van der Waals surface area contributed by atoms with E-state index < -0.39 is 0 Å². The Kier molecular flexibility index (Phi) is 3.15. The standard InChI is InChI=1S/C20H19N2/c1-2-21-15-22(14-16-8-4-3-5-9-16)20-18-11-7-6-10-17(18)12-13-19(20)21/h3-13,15H,2,14H2,1H3/q+1. The Labute approximate surface area is 130 Å². The van der Waals surface area contributed by atoms with E-state index >= 15 is 0 Å². The van der Waals surface area contributed by atoms with Crippen LogP contribution in [0.4, 0.5) is 0 Å². The third-order valence-corrected chi connectivity index (χ3v) is 4.29. The van der Waals surface area contributed by atoms with Gasteiger partial charge < -0.3 is 0 Å². The van der Waals surface area contributed by atoms with Gasteiger partial charge in [0.25, 0.3) is 0 Å². The summed E-state index contributed by atoms with van der Waals surface area (Å²) in [5.74, 6) is 0. The van der Waals surface area contributed by atoms with Crippen LogP contribution in [0.2, 0.25) is 0 Å². The van der Waals surface area contributed by atoms with Crippen molar-refractivity contribution in [2.24, 2.45) is 0 Å². The van der Waals surface area contributed by atoms with Crippen molar-refractivity contribution in [1.82, 2.24) is 4.57 Å². The van der Waals surface area contributed by atoms with Crippen LogP contribution in [-0.4, -0.2) is 4.57 Å². The van der Waals surface area contributed by atoms with Gasteiger partial charge in [-0.25, -0.2) is 9.13 Å². The van der Waals surface area contributed by atoms with Crippen LogP contribution < -0.4 is 4.57 Å². The van der Waals surface area contributed by atoms with E-state index in [0.717, 1.165) is 13.1 Å². The molecule has 0 amide bonds. The largest absolute Gasteiger partial charge is 0.245 e. The SMILES string of the molecule is CCn1c[n+](Cc2ccccc2)c2c3ccccc3ccc21. The predicted octanol–water partition coefficient (Wildman–Crippen LogP) is 4.15. The highest BCUT2D eigenvalue weighted by molar-refractivity contribution is 6.02. The molecule has 2 nitrogen and oxygen atoms in total. The molecule has 0 unspecified atom stereocenters. The van der Waals surface area contributed by atoms with E-state index in [2.05, 4.69) is 89.1 Å². The molecule has 0 atom stereocenters. The molecule has 0 aliphatic rings. The van der Waals surface area contributed by atoms with Crippen molar-refractivity contribution in [3.63, 3.8) is 0 Å². The molecule has 0 fully saturated rings. The maximum Gasteiger partial charge on any atom is 0.245 e. The number of hydrogen-bond acceptors (Lipinski definition) is 0. The average Bonchev–Trinajstić information content (AvgIpc) is 2.94. The predicted molar refractivity (Wildman–Crippen MR) is 90.9 cm³/mol. The first kappa shape index (κ1) is 13.1. The quantitative estimate of drug-likeness (QED) is 0.501. The van der Waals surface area contributed by atoms with Crippen LogP contribution in [0.25, 0.3) is 21.8 Å². The Morgan fingerprint density at radius 2 is 1.64 bits per heavy atom. The molecule has 4 rings (SSSR count). The number of imidazole rings is 1. The topological polar surface area (TPSA) is 8.81 Å². The molecule has 0 aliphatic carbocycles. The van der Waals surface area contributed by atoms with Crippen molar-refractivity contribution in [3.8, 4) is 0 Å². The minimum atomic E-state index is 0.901. The normalized spacial score (nSPS) is 11.3. The average molecular weight is 287 g/mol.